The van der Waals surface area contributed by atoms with Gasteiger partial charge in [-0.1, -0.05) is 33.1 Å². The molecular formula is C15H29N. The van der Waals surface area contributed by atoms with Crippen molar-refractivity contribution in [2.75, 3.05) is 6.54 Å². The molecule has 0 saturated heterocycles. The van der Waals surface area contributed by atoms with E-state index in [1.807, 2.05) is 0 Å². The smallest absolute Gasteiger partial charge is 0.00926 e. The lowest BCUT2D eigenvalue weighted by molar-refractivity contribution is 0.247. The summed E-state index contributed by atoms with van der Waals surface area (Å²) in [5, 5.41) is 3.79. The average molecular weight is 223 g/mol. The molecule has 0 aromatic rings. The Balaban J connectivity index is 1.63. The highest BCUT2D eigenvalue weighted by Gasteiger charge is 2.42. The fourth-order valence-electron chi connectivity index (χ4n) is 3.06. The third kappa shape index (κ3) is 3.00. The summed E-state index contributed by atoms with van der Waals surface area (Å²) in [5.74, 6) is 2.00. The van der Waals surface area contributed by atoms with E-state index in [1.54, 1.807) is 0 Å². The van der Waals surface area contributed by atoms with Crippen molar-refractivity contribution in [3.05, 3.63) is 0 Å². The van der Waals surface area contributed by atoms with Crippen molar-refractivity contribution >= 4 is 0 Å². The Morgan fingerprint density at radius 1 is 1.12 bits per heavy atom. The molecule has 16 heavy (non-hydrogen) atoms. The van der Waals surface area contributed by atoms with Crippen LogP contribution >= 0.6 is 0 Å². The fourth-order valence-corrected chi connectivity index (χ4v) is 3.06. The number of nitrogens with one attached hydrogen (secondary N) is 1. The molecule has 0 radical (unpaired) electrons. The molecule has 1 nitrogen and oxygen atoms in total. The number of rotatable bonds is 5. The van der Waals surface area contributed by atoms with E-state index < -0.39 is 0 Å². The van der Waals surface area contributed by atoms with E-state index in [-0.39, 0.29) is 0 Å². The highest BCUT2D eigenvalue weighted by molar-refractivity contribution is 4.96. The van der Waals surface area contributed by atoms with Crippen molar-refractivity contribution in [2.45, 2.75) is 71.8 Å². The van der Waals surface area contributed by atoms with Gasteiger partial charge in [-0.05, 0) is 56.4 Å². The molecule has 0 heterocycles. The zero-order chi connectivity index (χ0) is 11.6. The average Bonchev–Trinajstić information content (AvgIpc) is 3.06. The maximum atomic E-state index is 3.79. The topological polar surface area (TPSA) is 12.0 Å². The lowest BCUT2D eigenvalue weighted by Gasteiger charge is -2.30. The largest absolute Gasteiger partial charge is 0.313 e. The Hall–Kier alpha value is -0.0400. The van der Waals surface area contributed by atoms with Gasteiger partial charge >= 0.3 is 0 Å². The predicted molar refractivity (Wildman–Crippen MR) is 70.5 cm³/mol. The van der Waals surface area contributed by atoms with Crippen LogP contribution in [0.3, 0.4) is 0 Å². The quantitative estimate of drug-likeness (QED) is 0.743. The normalized spacial score (nSPS) is 34.7. The molecular weight excluding hydrogens is 194 g/mol. The molecule has 2 saturated carbocycles. The molecule has 0 aromatic carbocycles. The second-order valence-electron chi connectivity index (χ2n) is 6.58. The first kappa shape index (κ1) is 12.4. The van der Waals surface area contributed by atoms with Gasteiger partial charge in [0.25, 0.3) is 0 Å². The molecule has 0 aromatic heterocycles. The third-order valence-electron chi connectivity index (χ3n) is 5.34. The minimum absolute atomic E-state index is 0.640. The summed E-state index contributed by atoms with van der Waals surface area (Å²) in [7, 11) is 0. The SMILES string of the molecule is CCC1CCC(CNC(C)C2(C)CC2)CC1. The Kier molecular flexibility index (Phi) is 3.94. The van der Waals surface area contributed by atoms with Gasteiger partial charge in [0.2, 0.25) is 0 Å². The van der Waals surface area contributed by atoms with Crippen LogP contribution in [0.25, 0.3) is 0 Å². The Morgan fingerprint density at radius 2 is 1.69 bits per heavy atom. The highest BCUT2D eigenvalue weighted by atomic mass is 14.9. The minimum atomic E-state index is 0.640. The molecule has 2 aliphatic carbocycles. The second kappa shape index (κ2) is 5.08. The molecule has 0 aliphatic heterocycles. The van der Waals surface area contributed by atoms with Gasteiger partial charge in [-0.25, -0.2) is 0 Å². The van der Waals surface area contributed by atoms with Crippen molar-refractivity contribution < 1.29 is 0 Å². The molecule has 94 valence electrons. The molecule has 0 spiro atoms. The van der Waals surface area contributed by atoms with Gasteiger partial charge in [0.1, 0.15) is 0 Å². The van der Waals surface area contributed by atoms with Crippen LogP contribution in [0.4, 0.5) is 0 Å². The van der Waals surface area contributed by atoms with Crippen LogP contribution in [0.5, 0.6) is 0 Å². The van der Waals surface area contributed by atoms with Crippen LogP contribution in [-0.4, -0.2) is 12.6 Å². The summed E-state index contributed by atoms with van der Waals surface area (Å²) in [5.41, 5.74) is 0.640. The molecule has 2 fully saturated rings. The van der Waals surface area contributed by atoms with Crippen molar-refractivity contribution in [3.63, 3.8) is 0 Å². The van der Waals surface area contributed by atoms with E-state index >= 15 is 0 Å². The molecule has 1 heteroatoms. The first-order valence-electron chi connectivity index (χ1n) is 7.37. The molecule has 0 bridgehead atoms. The Morgan fingerprint density at radius 3 is 2.19 bits per heavy atom. The van der Waals surface area contributed by atoms with Gasteiger partial charge in [0, 0.05) is 6.04 Å². The van der Waals surface area contributed by atoms with Crippen LogP contribution in [0.15, 0.2) is 0 Å². The van der Waals surface area contributed by atoms with Crippen molar-refractivity contribution in [1.82, 2.24) is 5.32 Å². The molecule has 1 unspecified atom stereocenters. The summed E-state index contributed by atoms with van der Waals surface area (Å²) in [6.07, 6.45) is 10.2. The van der Waals surface area contributed by atoms with E-state index in [1.165, 1.54) is 51.5 Å². The van der Waals surface area contributed by atoms with Crippen LogP contribution in [0.2, 0.25) is 0 Å². The first-order chi connectivity index (χ1) is 7.64. The van der Waals surface area contributed by atoms with Crippen molar-refractivity contribution in [2.24, 2.45) is 17.3 Å². The standard InChI is InChI=1S/C15H29N/c1-4-13-5-7-14(8-6-13)11-16-12(2)15(3)9-10-15/h12-14,16H,4-11H2,1-3H3. The van der Waals surface area contributed by atoms with Crippen LogP contribution in [0.1, 0.15) is 65.7 Å². The van der Waals surface area contributed by atoms with Crippen LogP contribution in [0, 0.1) is 17.3 Å². The predicted octanol–water partition coefficient (Wildman–Crippen LogP) is 3.98. The summed E-state index contributed by atoms with van der Waals surface area (Å²) >= 11 is 0. The first-order valence-corrected chi connectivity index (χ1v) is 7.37. The monoisotopic (exact) mass is 223 g/mol. The van der Waals surface area contributed by atoms with Crippen LogP contribution < -0.4 is 5.32 Å². The molecule has 2 aliphatic rings. The molecule has 1 N–H and O–H groups in total. The lowest BCUT2D eigenvalue weighted by Crippen LogP contribution is -2.37. The number of hydrogen-bond donors (Lipinski definition) is 1. The van der Waals surface area contributed by atoms with Gasteiger partial charge in [0.15, 0.2) is 0 Å². The van der Waals surface area contributed by atoms with Gasteiger partial charge in [0.05, 0.1) is 0 Å². The fraction of sp³-hybridized carbons (Fsp3) is 1.00. The van der Waals surface area contributed by atoms with E-state index in [2.05, 4.69) is 26.1 Å². The van der Waals surface area contributed by atoms with Crippen LogP contribution in [-0.2, 0) is 0 Å². The zero-order valence-corrected chi connectivity index (χ0v) is 11.4. The van der Waals surface area contributed by atoms with Gasteiger partial charge in [-0.15, -0.1) is 0 Å². The van der Waals surface area contributed by atoms with E-state index in [0.717, 1.165) is 17.9 Å². The Labute approximate surface area is 101 Å². The maximum Gasteiger partial charge on any atom is 0.00926 e. The molecule has 1 atom stereocenters. The lowest BCUT2D eigenvalue weighted by atomic mass is 9.80. The molecule has 0 amide bonds. The third-order valence-corrected chi connectivity index (χ3v) is 5.34. The second-order valence-corrected chi connectivity index (χ2v) is 6.58. The van der Waals surface area contributed by atoms with E-state index in [0.29, 0.717) is 5.41 Å². The van der Waals surface area contributed by atoms with E-state index in [9.17, 15) is 0 Å². The summed E-state index contributed by atoms with van der Waals surface area (Å²) < 4.78 is 0. The minimum Gasteiger partial charge on any atom is -0.313 e. The van der Waals surface area contributed by atoms with Gasteiger partial charge in [-0.2, -0.15) is 0 Å². The van der Waals surface area contributed by atoms with E-state index in [4.69, 9.17) is 0 Å². The number of hydrogen-bond acceptors (Lipinski definition) is 1. The molecule has 2 rings (SSSR count). The van der Waals surface area contributed by atoms with Gasteiger partial charge < -0.3 is 5.32 Å². The van der Waals surface area contributed by atoms with Gasteiger partial charge in [-0.3, -0.25) is 0 Å². The van der Waals surface area contributed by atoms with Crippen molar-refractivity contribution in [1.29, 1.82) is 0 Å². The Bertz CT molecular complexity index is 211. The summed E-state index contributed by atoms with van der Waals surface area (Å²) in [6, 6.07) is 0.733. The van der Waals surface area contributed by atoms with Crippen molar-refractivity contribution in [3.8, 4) is 0 Å². The summed E-state index contributed by atoms with van der Waals surface area (Å²) in [6.45, 7) is 8.43. The summed E-state index contributed by atoms with van der Waals surface area (Å²) in [4.78, 5) is 0. The maximum absolute atomic E-state index is 3.79. The zero-order valence-electron chi connectivity index (χ0n) is 11.4. The highest BCUT2D eigenvalue weighted by Crippen LogP contribution is 2.48.